The number of rotatable bonds is 2. The molecule has 2 aromatic carbocycles. The van der Waals surface area contributed by atoms with Gasteiger partial charge >= 0.3 is 0 Å². The molecule has 0 radical (unpaired) electrons. The van der Waals surface area contributed by atoms with Crippen LogP contribution in [0.5, 0.6) is 0 Å². The number of hydrogen-bond donors (Lipinski definition) is 0. The lowest BCUT2D eigenvalue weighted by Gasteiger charge is -2.03. The van der Waals surface area contributed by atoms with Crippen LogP contribution < -0.4 is 0 Å². The standard InChI is InChI=1S/C16H11NO/c18-11-12-3-5-13(6-4-12)15-8-7-14-2-1-9-17-16(14)10-15/h1-11H. The minimum Gasteiger partial charge on any atom is -0.298 e. The first-order valence-electron chi connectivity index (χ1n) is 5.77. The van der Waals surface area contributed by atoms with E-state index in [9.17, 15) is 4.79 Å². The lowest BCUT2D eigenvalue weighted by molar-refractivity contribution is 0.112. The summed E-state index contributed by atoms with van der Waals surface area (Å²) in [6.07, 6.45) is 2.65. The first-order chi connectivity index (χ1) is 8.86. The van der Waals surface area contributed by atoms with E-state index in [0.717, 1.165) is 28.3 Å². The molecule has 0 fully saturated rings. The zero-order valence-electron chi connectivity index (χ0n) is 9.71. The molecule has 3 aromatic rings. The van der Waals surface area contributed by atoms with E-state index in [0.29, 0.717) is 5.56 Å². The average Bonchev–Trinajstić information content (AvgIpc) is 2.47. The molecule has 18 heavy (non-hydrogen) atoms. The Balaban J connectivity index is 2.10. The molecule has 0 amide bonds. The Bertz CT molecular complexity index is 702. The largest absolute Gasteiger partial charge is 0.298 e. The van der Waals surface area contributed by atoms with Crippen molar-refractivity contribution in [1.82, 2.24) is 4.98 Å². The molecule has 0 atom stereocenters. The molecule has 3 rings (SSSR count). The molecule has 0 bridgehead atoms. The Morgan fingerprint density at radius 1 is 0.889 bits per heavy atom. The van der Waals surface area contributed by atoms with Crippen molar-refractivity contribution < 1.29 is 4.79 Å². The zero-order chi connectivity index (χ0) is 12.4. The van der Waals surface area contributed by atoms with Crippen molar-refractivity contribution in [1.29, 1.82) is 0 Å². The van der Waals surface area contributed by atoms with Crippen LogP contribution in [0.15, 0.2) is 60.8 Å². The third kappa shape index (κ3) is 1.89. The summed E-state index contributed by atoms with van der Waals surface area (Å²) in [5.41, 5.74) is 3.87. The lowest BCUT2D eigenvalue weighted by atomic mass is 10.0. The summed E-state index contributed by atoms with van der Waals surface area (Å²) < 4.78 is 0. The summed E-state index contributed by atoms with van der Waals surface area (Å²) in [5, 5.41) is 1.13. The third-order valence-corrected chi connectivity index (χ3v) is 2.99. The molecular weight excluding hydrogens is 222 g/mol. The minimum atomic E-state index is 0.692. The van der Waals surface area contributed by atoms with Crippen molar-refractivity contribution in [2.45, 2.75) is 0 Å². The highest BCUT2D eigenvalue weighted by molar-refractivity contribution is 5.84. The van der Waals surface area contributed by atoms with Crippen molar-refractivity contribution in [3.05, 3.63) is 66.4 Å². The second-order valence-corrected chi connectivity index (χ2v) is 4.15. The highest BCUT2D eigenvalue weighted by Gasteiger charge is 2.00. The van der Waals surface area contributed by atoms with Crippen LogP contribution in [0.1, 0.15) is 10.4 Å². The van der Waals surface area contributed by atoms with E-state index < -0.39 is 0 Å². The van der Waals surface area contributed by atoms with Gasteiger partial charge in [-0.25, -0.2) is 0 Å². The average molecular weight is 233 g/mol. The fourth-order valence-electron chi connectivity index (χ4n) is 2.00. The number of pyridine rings is 1. The highest BCUT2D eigenvalue weighted by atomic mass is 16.1. The highest BCUT2D eigenvalue weighted by Crippen LogP contribution is 2.23. The van der Waals surface area contributed by atoms with Gasteiger partial charge in [0.15, 0.2) is 0 Å². The van der Waals surface area contributed by atoms with Crippen LogP contribution in [0.25, 0.3) is 22.0 Å². The van der Waals surface area contributed by atoms with Gasteiger partial charge in [-0.1, -0.05) is 42.5 Å². The number of nitrogens with zero attached hydrogens (tertiary/aromatic N) is 1. The maximum atomic E-state index is 10.6. The van der Waals surface area contributed by atoms with Crippen LogP contribution in [0, 0.1) is 0 Å². The fraction of sp³-hybridized carbons (Fsp3) is 0. The molecule has 86 valence electrons. The summed E-state index contributed by atoms with van der Waals surface area (Å²) in [7, 11) is 0. The summed E-state index contributed by atoms with van der Waals surface area (Å²) in [6, 6.07) is 17.7. The molecule has 0 aliphatic heterocycles. The molecular formula is C16H11NO. The van der Waals surface area contributed by atoms with E-state index in [4.69, 9.17) is 0 Å². The van der Waals surface area contributed by atoms with Gasteiger partial charge in [-0.15, -0.1) is 0 Å². The van der Waals surface area contributed by atoms with Crippen LogP contribution in [-0.2, 0) is 0 Å². The topological polar surface area (TPSA) is 30.0 Å². The van der Waals surface area contributed by atoms with Crippen molar-refractivity contribution in [3.8, 4) is 11.1 Å². The van der Waals surface area contributed by atoms with E-state index >= 15 is 0 Å². The molecule has 0 unspecified atom stereocenters. The molecule has 2 heteroatoms. The van der Waals surface area contributed by atoms with Crippen molar-refractivity contribution in [2.75, 3.05) is 0 Å². The van der Waals surface area contributed by atoms with E-state index in [1.807, 2.05) is 36.4 Å². The Labute approximate surface area is 105 Å². The van der Waals surface area contributed by atoms with Crippen LogP contribution in [0.3, 0.4) is 0 Å². The van der Waals surface area contributed by atoms with Gasteiger partial charge in [-0.05, 0) is 23.3 Å². The third-order valence-electron chi connectivity index (χ3n) is 2.99. The molecule has 0 N–H and O–H groups in total. The van der Waals surface area contributed by atoms with E-state index in [2.05, 4.69) is 23.2 Å². The van der Waals surface area contributed by atoms with Gasteiger partial charge in [0.1, 0.15) is 6.29 Å². The minimum absolute atomic E-state index is 0.692. The van der Waals surface area contributed by atoms with Crippen LogP contribution >= 0.6 is 0 Å². The number of aldehydes is 1. The Morgan fingerprint density at radius 3 is 2.44 bits per heavy atom. The summed E-state index contributed by atoms with van der Waals surface area (Å²) in [4.78, 5) is 15.0. The summed E-state index contributed by atoms with van der Waals surface area (Å²) >= 11 is 0. The number of carbonyl (C=O) groups is 1. The SMILES string of the molecule is O=Cc1ccc(-c2ccc3cccnc3c2)cc1. The number of benzene rings is 2. The van der Waals surface area contributed by atoms with Crippen LogP contribution in [0.2, 0.25) is 0 Å². The van der Waals surface area contributed by atoms with Crippen LogP contribution in [-0.4, -0.2) is 11.3 Å². The molecule has 1 aromatic heterocycles. The normalized spacial score (nSPS) is 10.4. The summed E-state index contributed by atoms with van der Waals surface area (Å²) in [5.74, 6) is 0. The number of fused-ring (bicyclic) bond motifs is 1. The molecule has 0 spiro atoms. The van der Waals surface area contributed by atoms with Crippen LogP contribution in [0.4, 0.5) is 0 Å². The fourth-order valence-corrected chi connectivity index (χ4v) is 2.00. The molecule has 2 nitrogen and oxygen atoms in total. The zero-order valence-corrected chi connectivity index (χ0v) is 9.71. The van der Waals surface area contributed by atoms with E-state index in [-0.39, 0.29) is 0 Å². The first kappa shape index (κ1) is 10.7. The van der Waals surface area contributed by atoms with Gasteiger partial charge in [-0.2, -0.15) is 0 Å². The maximum Gasteiger partial charge on any atom is 0.150 e. The summed E-state index contributed by atoms with van der Waals surface area (Å²) in [6.45, 7) is 0. The van der Waals surface area contributed by atoms with Gasteiger partial charge < -0.3 is 0 Å². The lowest BCUT2D eigenvalue weighted by Crippen LogP contribution is -1.83. The first-order valence-corrected chi connectivity index (χ1v) is 5.77. The molecule has 0 saturated heterocycles. The van der Waals surface area contributed by atoms with Gasteiger partial charge in [0, 0.05) is 17.1 Å². The van der Waals surface area contributed by atoms with Gasteiger partial charge in [0.05, 0.1) is 5.52 Å². The van der Waals surface area contributed by atoms with Crippen molar-refractivity contribution in [2.24, 2.45) is 0 Å². The van der Waals surface area contributed by atoms with Gasteiger partial charge in [0.2, 0.25) is 0 Å². The van der Waals surface area contributed by atoms with Crippen molar-refractivity contribution >= 4 is 17.2 Å². The smallest absolute Gasteiger partial charge is 0.150 e. The Hall–Kier alpha value is -2.48. The maximum absolute atomic E-state index is 10.6. The monoisotopic (exact) mass is 233 g/mol. The molecule has 0 saturated carbocycles. The quantitative estimate of drug-likeness (QED) is 0.631. The molecule has 0 aliphatic rings. The van der Waals surface area contributed by atoms with E-state index in [1.165, 1.54) is 0 Å². The predicted molar refractivity (Wildman–Crippen MR) is 72.6 cm³/mol. The number of aromatic nitrogens is 1. The van der Waals surface area contributed by atoms with Gasteiger partial charge in [-0.3, -0.25) is 9.78 Å². The van der Waals surface area contributed by atoms with Gasteiger partial charge in [0.25, 0.3) is 0 Å². The van der Waals surface area contributed by atoms with Crippen molar-refractivity contribution in [3.63, 3.8) is 0 Å². The Morgan fingerprint density at radius 2 is 1.67 bits per heavy atom. The van der Waals surface area contributed by atoms with E-state index in [1.54, 1.807) is 6.20 Å². The second-order valence-electron chi connectivity index (χ2n) is 4.15. The molecule has 0 aliphatic carbocycles. The molecule has 1 heterocycles. The Kier molecular flexibility index (Phi) is 2.61. The predicted octanol–water partition coefficient (Wildman–Crippen LogP) is 3.71. The number of carbonyl (C=O) groups excluding carboxylic acids is 1. The number of hydrogen-bond acceptors (Lipinski definition) is 2. The second kappa shape index (κ2) is 4.41.